The van der Waals surface area contributed by atoms with Crippen molar-refractivity contribution in [1.82, 2.24) is 15.5 Å². The Hall–Kier alpha value is -4.88. The highest BCUT2D eigenvalue weighted by Gasteiger charge is 2.27. The van der Waals surface area contributed by atoms with Crippen molar-refractivity contribution in [2.45, 2.75) is 71.5 Å². The largest absolute Gasteiger partial charge is 0.420 e. The van der Waals surface area contributed by atoms with Gasteiger partial charge in [-0.05, 0) is 102 Å². The van der Waals surface area contributed by atoms with E-state index in [1.807, 2.05) is 56.1 Å². The fourth-order valence-electron chi connectivity index (χ4n) is 6.07. The summed E-state index contributed by atoms with van der Waals surface area (Å²) in [5, 5.41) is 32.0. The monoisotopic (exact) mass is 901 g/mol. The van der Waals surface area contributed by atoms with Crippen molar-refractivity contribution < 1.29 is 29.0 Å². The lowest BCUT2D eigenvalue weighted by Crippen LogP contribution is -2.40. The van der Waals surface area contributed by atoms with Crippen molar-refractivity contribution >= 4 is 65.4 Å². The molecule has 1 aromatic heterocycles. The highest BCUT2D eigenvalue weighted by molar-refractivity contribution is 7.96. The lowest BCUT2D eigenvalue weighted by molar-refractivity contribution is -0.127. The van der Waals surface area contributed by atoms with Crippen LogP contribution in [0.1, 0.15) is 71.1 Å². The molecular formula is C46H50Cl2N5O6PS. The van der Waals surface area contributed by atoms with Gasteiger partial charge in [-0.25, -0.2) is 9.69 Å². The molecule has 0 saturated carbocycles. The predicted octanol–water partition coefficient (Wildman–Crippen LogP) is 10.5. The maximum absolute atomic E-state index is 12.5. The molecule has 0 bridgehead atoms. The number of hydrogen-bond donors (Lipinski definition) is 3. The van der Waals surface area contributed by atoms with Gasteiger partial charge in [0.15, 0.2) is 5.78 Å². The smallest absolute Gasteiger partial charge is 0.247 e. The summed E-state index contributed by atoms with van der Waals surface area (Å²) >= 11 is 16.8. The van der Waals surface area contributed by atoms with Crippen LogP contribution in [-0.4, -0.2) is 70.7 Å². The average molecular weight is 903 g/mol. The Balaban J connectivity index is 0.000000275. The quantitative estimate of drug-likeness (QED) is 0.0633. The summed E-state index contributed by atoms with van der Waals surface area (Å²) in [5.74, 6) is -0.906. The van der Waals surface area contributed by atoms with Crippen LogP contribution in [0.5, 0.6) is 0 Å². The maximum atomic E-state index is 12.5. The summed E-state index contributed by atoms with van der Waals surface area (Å²) in [6, 6.07) is 25.1. The molecule has 0 spiro atoms. The van der Waals surface area contributed by atoms with E-state index < -0.39 is 24.0 Å². The van der Waals surface area contributed by atoms with Gasteiger partial charge in [0.05, 0.1) is 53.8 Å². The highest BCUT2D eigenvalue weighted by atomic mass is 35.5. The number of Topliss-reactive ketones (excluding diaryl/α,β-unsaturated/α-hetero) is 1. The molecule has 1 aliphatic rings. The van der Waals surface area contributed by atoms with Gasteiger partial charge in [-0.3, -0.25) is 9.59 Å². The van der Waals surface area contributed by atoms with Crippen molar-refractivity contribution in [3.8, 4) is 11.5 Å². The molecule has 0 unspecified atom stereocenters. The van der Waals surface area contributed by atoms with Gasteiger partial charge in [0, 0.05) is 24.3 Å². The summed E-state index contributed by atoms with van der Waals surface area (Å²) < 4.78 is 10.8. The predicted molar refractivity (Wildman–Crippen MR) is 246 cm³/mol. The molecule has 11 nitrogen and oxygen atoms in total. The Kier molecular flexibility index (Phi) is 21.9. The first kappa shape index (κ1) is 50.5. The van der Waals surface area contributed by atoms with E-state index in [1.54, 1.807) is 56.3 Å². The zero-order valence-electron chi connectivity index (χ0n) is 34.8. The van der Waals surface area contributed by atoms with Crippen molar-refractivity contribution in [3.05, 3.63) is 152 Å². The second kappa shape index (κ2) is 26.5. The van der Waals surface area contributed by atoms with Gasteiger partial charge in [-0.1, -0.05) is 108 Å². The highest BCUT2D eigenvalue weighted by Crippen LogP contribution is 2.35. The number of nitrogens with zero attached hydrogens (tertiary/aromatic N) is 4. The third-order valence-electron chi connectivity index (χ3n) is 9.70. The Morgan fingerprint density at radius 1 is 0.820 bits per heavy atom. The first-order valence-electron chi connectivity index (χ1n) is 19.5. The standard InChI is InChI=1S/C21H21ClN2O3.C20H18ClN3O2.C4H8O.CH3PS/c1-13-16(9-10-18(23-3)20(13)22)11-17(14(2)25)21(27)24-12-19(26)15-7-5-4-6-8-15;1-12-15(9-10-17(22-3)18(12)21)11-16(13(2)25)20-24-23-19(26-20)14-7-5-4-6-8-14;1-2-4-5-3-1;1-2-3/h4-10,14,17,25H,11-12H2,1-2H3,(H,24,27);4-10,13,16,25H,11H2,1-2H3;1-4H2;1H3/t14-,17+;13-,16+;;/m00../s1. The van der Waals surface area contributed by atoms with Crippen molar-refractivity contribution in [2.75, 3.05) is 26.4 Å². The zero-order valence-corrected chi connectivity index (χ0v) is 38.0. The van der Waals surface area contributed by atoms with Crippen LogP contribution in [0.25, 0.3) is 21.1 Å². The molecule has 1 fully saturated rings. The van der Waals surface area contributed by atoms with Gasteiger partial charge in [0.2, 0.25) is 29.1 Å². The lowest BCUT2D eigenvalue weighted by atomic mass is 9.91. The maximum Gasteiger partial charge on any atom is 0.247 e. The van der Waals surface area contributed by atoms with Crippen LogP contribution in [0, 0.1) is 32.9 Å². The molecule has 0 radical (unpaired) electrons. The number of carbonyl (C=O) groups excluding carboxylic acids is 2. The van der Waals surface area contributed by atoms with Gasteiger partial charge in [0.25, 0.3) is 0 Å². The number of aliphatic hydroxyl groups excluding tert-OH is 2. The molecule has 2 heterocycles. The first-order chi connectivity index (χ1) is 29.3. The molecule has 1 saturated heterocycles. The van der Waals surface area contributed by atoms with E-state index in [-0.39, 0.29) is 24.7 Å². The van der Waals surface area contributed by atoms with Gasteiger partial charge in [-0.2, -0.15) is 0 Å². The van der Waals surface area contributed by atoms with E-state index in [4.69, 9.17) is 45.5 Å². The van der Waals surface area contributed by atoms with E-state index in [0.717, 1.165) is 42.8 Å². The van der Waals surface area contributed by atoms with E-state index in [2.05, 4.69) is 37.0 Å². The van der Waals surface area contributed by atoms with Crippen molar-refractivity contribution in [3.63, 3.8) is 0 Å². The summed E-state index contributed by atoms with van der Waals surface area (Å²) in [6.07, 6.45) is 1.71. The minimum absolute atomic E-state index is 0.136. The van der Waals surface area contributed by atoms with Crippen LogP contribution in [0.3, 0.4) is 0 Å². The molecule has 5 aromatic rings. The fraction of sp³-hybridized carbons (Fsp3) is 0.348. The Bertz CT molecular complexity index is 2270. The topological polar surface area (TPSA) is 144 Å². The third-order valence-corrected chi connectivity index (χ3v) is 10.7. The van der Waals surface area contributed by atoms with Crippen LogP contribution < -0.4 is 5.32 Å². The number of aromatic nitrogens is 2. The summed E-state index contributed by atoms with van der Waals surface area (Å²) in [6.45, 7) is 24.9. The molecule has 320 valence electrons. The number of hydrogen-bond acceptors (Lipinski definition) is 9. The number of ketones is 1. The molecule has 15 heteroatoms. The molecule has 4 aromatic carbocycles. The van der Waals surface area contributed by atoms with E-state index in [1.165, 1.54) is 19.8 Å². The molecular weight excluding hydrogens is 852 g/mol. The Morgan fingerprint density at radius 3 is 1.79 bits per heavy atom. The van der Waals surface area contributed by atoms with Gasteiger partial charge in [0.1, 0.15) is 0 Å². The molecule has 3 N–H and O–H groups in total. The normalized spacial score (nSPS) is 13.6. The Morgan fingerprint density at radius 2 is 1.33 bits per heavy atom. The third kappa shape index (κ3) is 15.5. The van der Waals surface area contributed by atoms with Crippen molar-refractivity contribution in [1.29, 1.82) is 0 Å². The van der Waals surface area contributed by atoms with Crippen LogP contribution in [-0.2, 0) is 34.2 Å². The molecule has 4 atom stereocenters. The summed E-state index contributed by atoms with van der Waals surface area (Å²) in [4.78, 5) is 31.4. The number of carbonyl (C=O) groups is 2. The SMILES string of the molecule is C1CCOC1.CP=S.[C-]#[N+]c1ccc(C[C@@H](C(=O)NCC(=O)c2ccccc2)[C@H](C)O)c(C)c1Cl.[C-]#[N+]c1ccc(C[C@@H](c2nnc(-c3ccccc3)o2)[C@H](C)O)c(C)c1Cl. The van der Waals surface area contributed by atoms with E-state index >= 15 is 0 Å². The average Bonchev–Trinajstić information content (AvgIpc) is 4.02. The Labute approximate surface area is 375 Å². The molecule has 0 aliphatic carbocycles. The zero-order chi connectivity index (χ0) is 44.9. The molecule has 1 amide bonds. The molecule has 6 rings (SSSR count). The number of ether oxygens (including phenoxy) is 1. The number of aliphatic hydroxyl groups is 2. The molecule has 1 aliphatic heterocycles. The van der Waals surface area contributed by atoms with E-state index in [0.29, 0.717) is 50.7 Å². The summed E-state index contributed by atoms with van der Waals surface area (Å²) in [7, 11) is 1.00. The van der Waals surface area contributed by atoms with Gasteiger partial charge < -0.3 is 24.7 Å². The minimum Gasteiger partial charge on any atom is -0.420 e. The number of nitrogens with one attached hydrogen (secondary N) is 1. The van der Waals surface area contributed by atoms with Crippen LogP contribution in [0.4, 0.5) is 11.4 Å². The van der Waals surface area contributed by atoms with Gasteiger partial charge in [-0.15, -0.1) is 10.2 Å². The first-order valence-corrected chi connectivity index (χ1v) is 22.6. The number of benzene rings is 4. The van der Waals surface area contributed by atoms with Crippen LogP contribution in [0.15, 0.2) is 89.3 Å². The second-order valence-corrected chi connectivity index (χ2v) is 16.2. The lowest BCUT2D eigenvalue weighted by Gasteiger charge is -2.21. The molecule has 61 heavy (non-hydrogen) atoms. The van der Waals surface area contributed by atoms with E-state index in [9.17, 15) is 19.8 Å². The van der Waals surface area contributed by atoms with Crippen molar-refractivity contribution in [2.24, 2.45) is 5.92 Å². The number of amides is 1. The van der Waals surface area contributed by atoms with Gasteiger partial charge >= 0.3 is 0 Å². The second-order valence-electron chi connectivity index (χ2n) is 14.0. The minimum atomic E-state index is -0.907. The van der Waals surface area contributed by atoms with Crippen LogP contribution in [0.2, 0.25) is 10.0 Å². The number of rotatable bonds is 12. The summed E-state index contributed by atoms with van der Waals surface area (Å²) in [5.41, 5.74) is 5.38. The number of halogens is 2. The fourth-order valence-corrected chi connectivity index (χ4v) is 6.53. The van der Waals surface area contributed by atoms with Crippen LogP contribution >= 0.6 is 30.6 Å².